The van der Waals surface area contributed by atoms with Crippen LogP contribution in [0.2, 0.25) is 5.02 Å². The number of nitrogens with two attached hydrogens (primary N) is 1. The predicted octanol–water partition coefficient (Wildman–Crippen LogP) is 6.64. The normalized spacial score (nSPS) is 21.0. The number of aromatic nitrogens is 2. The van der Waals surface area contributed by atoms with Gasteiger partial charge in [-0.2, -0.15) is 27.8 Å². The Labute approximate surface area is 294 Å². The summed E-state index contributed by atoms with van der Waals surface area (Å²) in [5.41, 5.74) is 5.65. The molecule has 1 aliphatic heterocycles. The number of hydrazone groups is 1. The molecule has 0 bridgehead atoms. The van der Waals surface area contributed by atoms with Crippen LogP contribution >= 0.6 is 11.6 Å². The zero-order chi connectivity index (χ0) is 37.2. The molecule has 4 atom stereocenters. The van der Waals surface area contributed by atoms with Crippen molar-refractivity contribution in [3.05, 3.63) is 71.0 Å². The summed E-state index contributed by atoms with van der Waals surface area (Å²) in [6, 6.07) is 8.55. The van der Waals surface area contributed by atoms with Crippen LogP contribution in [0.25, 0.3) is 11.1 Å². The average molecular weight is 736 g/mol. The van der Waals surface area contributed by atoms with Crippen LogP contribution in [0, 0.1) is 5.41 Å². The number of hydrogen-bond donors (Lipinski definition) is 2. The van der Waals surface area contributed by atoms with E-state index in [9.17, 15) is 31.5 Å². The molecule has 1 saturated carbocycles. The molecule has 1 fully saturated rings. The van der Waals surface area contributed by atoms with Gasteiger partial charge in [-0.15, -0.1) is 0 Å². The first-order chi connectivity index (χ1) is 24.0. The van der Waals surface area contributed by atoms with Crippen molar-refractivity contribution in [2.75, 3.05) is 11.6 Å². The van der Waals surface area contributed by atoms with E-state index in [4.69, 9.17) is 27.1 Å². The van der Waals surface area contributed by atoms with Crippen LogP contribution in [0.4, 0.5) is 32.4 Å². The molecule has 2 amide bonds. The number of ether oxygens (including phenoxy) is 1. The van der Waals surface area contributed by atoms with Gasteiger partial charge < -0.3 is 15.8 Å². The second kappa shape index (κ2) is 14.7. The number of carbonyl (C=O) groups is 2. The molecule has 0 spiro atoms. The van der Waals surface area contributed by atoms with Gasteiger partial charge in [0.25, 0.3) is 5.91 Å². The monoisotopic (exact) mass is 735 g/mol. The number of carbonyl (C=O) groups excluding carboxylic acids is 2. The van der Waals surface area contributed by atoms with Crippen molar-refractivity contribution in [3.8, 4) is 11.1 Å². The van der Waals surface area contributed by atoms with Crippen molar-refractivity contribution < 1.29 is 36.3 Å². The second-order valence-corrected chi connectivity index (χ2v) is 13.6. The van der Waals surface area contributed by atoms with Crippen LogP contribution in [0.5, 0.6) is 0 Å². The van der Waals surface area contributed by atoms with E-state index >= 15 is 0 Å². The zero-order valence-corrected chi connectivity index (χ0v) is 28.4. The first-order valence-corrected chi connectivity index (χ1v) is 16.0. The van der Waals surface area contributed by atoms with Gasteiger partial charge >= 0.3 is 19.2 Å². The lowest BCUT2D eigenvalue weighted by Gasteiger charge is -2.35. The van der Waals surface area contributed by atoms with Crippen LogP contribution < -0.4 is 16.1 Å². The van der Waals surface area contributed by atoms with Gasteiger partial charge in [0.1, 0.15) is 19.1 Å². The number of alkyl halides is 5. The highest BCUT2D eigenvalue weighted by atomic mass is 35.5. The Kier molecular flexibility index (Phi) is 10.7. The summed E-state index contributed by atoms with van der Waals surface area (Å²) in [6.45, 7) is 2.34. The Morgan fingerprint density at radius 3 is 2.47 bits per heavy atom. The number of nitrogens with zero attached hydrogens (tertiary/aromatic N) is 7. The maximum absolute atomic E-state index is 14.8. The van der Waals surface area contributed by atoms with Crippen molar-refractivity contribution in [2.24, 2.45) is 26.2 Å². The second-order valence-electron chi connectivity index (χ2n) is 13.2. The molecule has 3 N–H and O–H groups in total. The molecule has 5 rings (SSSR count). The number of alkyl carbamates (subject to hydrolysis) is 1. The standard InChI is InChI=1S/C33H35ClF5N9O3/c1-32(2,3)16-33(21-8-5-18(6-9-21)20-13-42-46(14-20)28(36)37)27(49)47(30(40)45-33)26(15-51-31(50)44-24-12-23(24)35)19-7-10-22(34)25(11-19)48(29(38)39)43-17-41-4/h5-11,13-14,17,23-24,26,28-29H,4,12,15-16H2,1-3H3,(H2,40,45)(H,44,50)/b43-17-/t23-,24+,26+,33+/m0/s1. The maximum atomic E-state index is 14.8. The molecule has 18 heteroatoms. The van der Waals surface area contributed by atoms with Gasteiger partial charge in [0.2, 0.25) is 0 Å². The van der Waals surface area contributed by atoms with E-state index in [0.29, 0.717) is 26.4 Å². The van der Waals surface area contributed by atoms with Gasteiger partial charge in [-0.1, -0.05) is 62.7 Å². The Morgan fingerprint density at radius 2 is 1.90 bits per heavy atom. The van der Waals surface area contributed by atoms with Gasteiger partial charge in [-0.3, -0.25) is 14.7 Å². The number of nitrogens with one attached hydrogen (secondary N) is 1. The molecule has 0 saturated heterocycles. The van der Waals surface area contributed by atoms with E-state index in [0.717, 1.165) is 11.2 Å². The summed E-state index contributed by atoms with van der Waals surface area (Å²) in [6.07, 6.45) is 1.35. The Bertz CT molecular complexity index is 1830. The minimum absolute atomic E-state index is 0.121. The van der Waals surface area contributed by atoms with Crippen LogP contribution in [0.3, 0.4) is 0 Å². The van der Waals surface area contributed by atoms with Crippen LogP contribution in [-0.2, 0) is 15.1 Å². The molecule has 1 aliphatic carbocycles. The fourth-order valence-electron chi connectivity index (χ4n) is 5.81. The molecule has 12 nitrogen and oxygen atoms in total. The number of aliphatic imine (C=N–C) groups is 2. The zero-order valence-electron chi connectivity index (χ0n) is 27.7. The van der Waals surface area contributed by atoms with Crippen molar-refractivity contribution in [1.29, 1.82) is 0 Å². The number of guanidine groups is 1. The van der Waals surface area contributed by atoms with Crippen molar-refractivity contribution >= 4 is 48.3 Å². The largest absolute Gasteiger partial charge is 0.447 e. The fraction of sp³-hybridized carbons (Fsp3) is 0.394. The highest BCUT2D eigenvalue weighted by Gasteiger charge is 2.53. The Balaban J connectivity index is 1.56. The molecule has 3 aromatic rings. The Hall–Kier alpha value is -5.06. The summed E-state index contributed by atoms with van der Waals surface area (Å²) in [5.74, 6) is -0.882. The van der Waals surface area contributed by atoms with E-state index in [1.54, 1.807) is 24.3 Å². The third kappa shape index (κ3) is 8.13. The minimum atomic E-state index is -3.17. The minimum Gasteiger partial charge on any atom is -0.447 e. The van der Waals surface area contributed by atoms with E-state index in [1.807, 2.05) is 20.8 Å². The maximum Gasteiger partial charge on any atom is 0.407 e. The average Bonchev–Trinajstić information content (AvgIpc) is 3.42. The molecule has 2 aliphatic rings. The summed E-state index contributed by atoms with van der Waals surface area (Å²) in [7, 11) is 0. The van der Waals surface area contributed by atoms with Crippen LogP contribution in [-0.4, -0.2) is 71.1 Å². The number of rotatable bonds is 13. The molecule has 51 heavy (non-hydrogen) atoms. The molecular formula is C33H35ClF5N9O3. The summed E-state index contributed by atoms with van der Waals surface area (Å²) < 4.78 is 74.0. The number of amides is 2. The molecule has 0 radical (unpaired) electrons. The van der Waals surface area contributed by atoms with Gasteiger partial charge in [0.15, 0.2) is 11.5 Å². The van der Waals surface area contributed by atoms with Crippen molar-refractivity contribution in [1.82, 2.24) is 20.0 Å². The highest BCUT2D eigenvalue weighted by molar-refractivity contribution is 6.33. The molecule has 2 aromatic carbocycles. The van der Waals surface area contributed by atoms with Crippen LogP contribution in [0.1, 0.15) is 57.3 Å². The lowest BCUT2D eigenvalue weighted by Crippen LogP contribution is -2.47. The summed E-state index contributed by atoms with van der Waals surface area (Å²) in [4.78, 5) is 36.6. The van der Waals surface area contributed by atoms with E-state index in [-0.39, 0.29) is 35.1 Å². The van der Waals surface area contributed by atoms with Gasteiger partial charge in [-0.25, -0.2) is 23.9 Å². The predicted molar refractivity (Wildman–Crippen MR) is 182 cm³/mol. The number of benzene rings is 2. The molecule has 0 unspecified atom stereocenters. The number of halogens is 6. The van der Waals surface area contributed by atoms with E-state index < -0.39 is 60.9 Å². The number of anilines is 1. The molecule has 2 heterocycles. The molecule has 1 aromatic heterocycles. The summed E-state index contributed by atoms with van der Waals surface area (Å²) in [5, 5.41) is 9.83. The smallest absolute Gasteiger partial charge is 0.407 e. The SMILES string of the molecule is C=N/C=N\N(c1cc([C@@H](COC(=O)N[C@@H]2C[C@@H]2F)N2C(=O)[C@@](CC(C)(C)C)(c3ccc(-c4cnn(C(F)F)c4)cc3)N=C2N)ccc1Cl)C(F)F. The summed E-state index contributed by atoms with van der Waals surface area (Å²) >= 11 is 6.32. The van der Waals surface area contributed by atoms with Gasteiger partial charge in [-0.05, 0) is 47.4 Å². The Morgan fingerprint density at radius 1 is 1.22 bits per heavy atom. The molecular weight excluding hydrogens is 701 g/mol. The third-order valence-corrected chi connectivity index (χ3v) is 8.47. The lowest BCUT2D eigenvalue weighted by atomic mass is 9.75. The van der Waals surface area contributed by atoms with Gasteiger partial charge in [0.05, 0.1) is 29.0 Å². The van der Waals surface area contributed by atoms with Gasteiger partial charge in [0, 0.05) is 18.2 Å². The first-order valence-electron chi connectivity index (χ1n) is 15.6. The van der Waals surface area contributed by atoms with Crippen LogP contribution in [0.15, 0.2) is 69.9 Å². The van der Waals surface area contributed by atoms with E-state index in [2.05, 4.69) is 27.2 Å². The number of hydrogen-bond acceptors (Lipinski definition) is 8. The fourth-order valence-corrected chi connectivity index (χ4v) is 6.01. The lowest BCUT2D eigenvalue weighted by molar-refractivity contribution is -0.135. The van der Waals surface area contributed by atoms with E-state index in [1.165, 1.54) is 30.6 Å². The third-order valence-electron chi connectivity index (χ3n) is 8.15. The molecule has 272 valence electrons. The first kappa shape index (κ1) is 37.2. The highest BCUT2D eigenvalue weighted by Crippen LogP contribution is 2.45. The topological polar surface area (TPSA) is 143 Å². The quantitative estimate of drug-likeness (QED) is 0.0663. The van der Waals surface area contributed by atoms with Crippen molar-refractivity contribution in [3.63, 3.8) is 0 Å². The van der Waals surface area contributed by atoms with Crippen molar-refractivity contribution in [2.45, 2.75) is 70.5 Å².